The maximum atomic E-state index is 11.2. The molecule has 1 unspecified atom stereocenters. The molecule has 0 aliphatic rings. The Kier molecular flexibility index (Phi) is 3.46. The Labute approximate surface area is 89.9 Å². The van der Waals surface area contributed by atoms with Gasteiger partial charge in [-0.3, -0.25) is 4.79 Å². The van der Waals surface area contributed by atoms with E-state index < -0.39 is 0 Å². The molecule has 0 spiro atoms. The average Bonchev–Trinajstić information content (AvgIpc) is 2.26. The smallest absolute Gasteiger partial charge is 0.151 e. The Hall–Kier alpha value is -1.82. The van der Waals surface area contributed by atoms with Gasteiger partial charge in [0, 0.05) is 7.05 Å². The van der Waals surface area contributed by atoms with Gasteiger partial charge in [0.1, 0.15) is 6.07 Å². The van der Waals surface area contributed by atoms with Crippen molar-refractivity contribution in [2.45, 2.75) is 19.9 Å². The van der Waals surface area contributed by atoms with Crippen molar-refractivity contribution in [1.82, 2.24) is 0 Å². The van der Waals surface area contributed by atoms with Crippen LogP contribution >= 0.6 is 0 Å². The fraction of sp³-hybridized carbons (Fsp3) is 0.333. The number of nitrogens with zero attached hydrogens (tertiary/aromatic N) is 2. The molecule has 1 atom stereocenters. The summed E-state index contributed by atoms with van der Waals surface area (Å²) < 4.78 is 0. The highest BCUT2D eigenvalue weighted by atomic mass is 16.1. The van der Waals surface area contributed by atoms with Crippen molar-refractivity contribution < 1.29 is 4.79 Å². The first-order chi connectivity index (χ1) is 7.07. The van der Waals surface area contributed by atoms with E-state index in [-0.39, 0.29) is 11.8 Å². The standard InChI is InChI=1S/C12H14N2O/c1-9(10(2)15)14(3)12-7-5-4-6-11(12)8-13/h4-7,9H,1-3H3. The van der Waals surface area contributed by atoms with Gasteiger partial charge in [-0.2, -0.15) is 5.26 Å². The lowest BCUT2D eigenvalue weighted by atomic mass is 10.1. The van der Waals surface area contributed by atoms with Crippen LogP contribution in [0.3, 0.4) is 0 Å². The fourth-order valence-electron chi connectivity index (χ4n) is 1.36. The molecule has 3 nitrogen and oxygen atoms in total. The number of hydrogen-bond acceptors (Lipinski definition) is 3. The summed E-state index contributed by atoms with van der Waals surface area (Å²) in [5.41, 5.74) is 1.39. The number of carbonyl (C=O) groups excluding carboxylic acids is 1. The van der Waals surface area contributed by atoms with Crippen molar-refractivity contribution in [2.75, 3.05) is 11.9 Å². The highest BCUT2D eigenvalue weighted by molar-refractivity contribution is 5.85. The molecule has 3 heteroatoms. The Balaban J connectivity index is 3.06. The Morgan fingerprint density at radius 1 is 1.47 bits per heavy atom. The molecule has 0 aliphatic heterocycles. The average molecular weight is 202 g/mol. The van der Waals surface area contributed by atoms with Gasteiger partial charge in [0.05, 0.1) is 17.3 Å². The number of likely N-dealkylation sites (N-methyl/N-ethyl adjacent to an activating group) is 1. The Bertz CT molecular complexity index is 406. The molecule has 78 valence electrons. The maximum Gasteiger partial charge on any atom is 0.151 e. The molecular weight excluding hydrogens is 188 g/mol. The molecule has 0 N–H and O–H groups in total. The lowest BCUT2D eigenvalue weighted by Crippen LogP contribution is -2.34. The summed E-state index contributed by atoms with van der Waals surface area (Å²) in [6.45, 7) is 3.38. The van der Waals surface area contributed by atoms with Crippen LogP contribution in [0.4, 0.5) is 5.69 Å². The highest BCUT2D eigenvalue weighted by Crippen LogP contribution is 2.20. The van der Waals surface area contributed by atoms with Crippen LogP contribution in [0.1, 0.15) is 19.4 Å². The zero-order chi connectivity index (χ0) is 11.4. The quantitative estimate of drug-likeness (QED) is 0.752. The lowest BCUT2D eigenvalue weighted by Gasteiger charge is -2.25. The van der Waals surface area contributed by atoms with Gasteiger partial charge in [-0.05, 0) is 26.0 Å². The molecule has 0 radical (unpaired) electrons. The maximum absolute atomic E-state index is 11.2. The second kappa shape index (κ2) is 4.61. The predicted molar refractivity (Wildman–Crippen MR) is 59.7 cm³/mol. The molecule has 0 heterocycles. The van der Waals surface area contributed by atoms with Crippen LogP contribution in [0.5, 0.6) is 0 Å². The van der Waals surface area contributed by atoms with Gasteiger partial charge in [-0.25, -0.2) is 0 Å². The van der Waals surface area contributed by atoms with Gasteiger partial charge in [0.25, 0.3) is 0 Å². The lowest BCUT2D eigenvalue weighted by molar-refractivity contribution is -0.117. The third-order valence-electron chi connectivity index (χ3n) is 2.57. The second-order valence-electron chi connectivity index (χ2n) is 3.53. The van der Waals surface area contributed by atoms with Crippen LogP contribution in [0.2, 0.25) is 0 Å². The number of rotatable bonds is 3. The molecule has 0 fully saturated rings. The van der Waals surface area contributed by atoms with Crippen LogP contribution in [0.15, 0.2) is 24.3 Å². The van der Waals surface area contributed by atoms with E-state index >= 15 is 0 Å². The minimum absolute atomic E-state index is 0.0882. The summed E-state index contributed by atoms with van der Waals surface area (Å²) in [5, 5.41) is 8.93. The Morgan fingerprint density at radius 2 is 2.07 bits per heavy atom. The summed E-state index contributed by atoms with van der Waals surface area (Å²) in [6, 6.07) is 9.18. The number of nitriles is 1. The molecule has 1 aromatic carbocycles. The van der Waals surface area contributed by atoms with Gasteiger partial charge in [-0.15, -0.1) is 0 Å². The van der Waals surface area contributed by atoms with Crippen molar-refractivity contribution in [2.24, 2.45) is 0 Å². The van der Waals surface area contributed by atoms with Crippen molar-refractivity contribution in [1.29, 1.82) is 5.26 Å². The third kappa shape index (κ3) is 2.35. The summed E-state index contributed by atoms with van der Waals surface area (Å²) in [6.07, 6.45) is 0. The van der Waals surface area contributed by atoms with E-state index in [1.54, 1.807) is 13.0 Å². The van der Waals surface area contributed by atoms with Crippen LogP contribution in [-0.2, 0) is 4.79 Å². The fourth-order valence-corrected chi connectivity index (χ4v) is 1.36. The molecule has 0 saturated heterocycles. The number of ketones is 1. The number of para-hydroxylation sites is 1. The van der Waals surface area contributed by atoms with Gasteiger partial charge < -0.3 is 4.90 Å². The molecule has 0 aliphatic carbocycles. The number of benzene rings is 1. The topological polar surface area (TPSA) is 44.1 Å². The van der Waals surface area contributed by atoms with Crippen LogP contribution in [-0.4, -0.2) is 18.9 Å². The normalized spacial score (nSPS) is 11.6. The van der Waals surface area contributed by atoms with E-state index in [4.69, 9.17) is 5.26 Å². The van der Waals surface area contributed by atoms with Gasteiger partial charge in [0.15, 0.2) is 5.78 Å². The summed E-state index contributed by atoms with van der Waals surface area (Å²) in [5.74, 6) is 0.0882. The third-order valence-corrected chi connectivity index (χ3v) is 2.57. The first-order valence-corrected chi connectivity index (χ1v) is 4.80. The minimum atomic E-state index is -0.209. The zero-order valence-corrected chi connectivity index (χ0v) is 9.19. The summed E-state index contributed by atoms with van der Waals surface area (Å²) in [4.78, 5) is 13.1. The molecule has 1 rings (SSSR count). The van der Waals surface area contributed by atoms with Crippen molar-refractivity contribution in [3.63, 3.8) is 0 Å². The molecule has 15 heavy (non-hydrogen) atoms. The first kappa shape index (κ1) is 11.3. The SMILES string of the molecule is CC(=O)C(C)N(C)c1ccccc1C#N. The number of Topliss-reactive ketones (excluding diaryl/α,β-unsaturated/α-hetero) is 1. The second-order valence-corrected chi connectivity index (χ2v) is 3.53. The molecule has 0 aromatic heterocycles. The van der Waals surface area contributed by atoms with Crippen LogP contribution in [0.25, 0.3) is 0 Å². The minimum Gasteiger partial charge on any atom is -0.364 e. The van der Waals surface area contributed by atoms with E-state index in [0.717, 1.165) is 5.69 Å². The zero-order valence-electron chi connectivity index (χ0n) is 9.19. The highest BCUT2D eigenvalue weighted by Gasteiger charge is 2.16. The largest absolute Gasteiger partial charge is 0.364 e. The van der Waals surface area contributed by atoms with Gasteiger partial charge in [-0.1, -0.05) is 12.1 Å². The molecule has 1 aromatic rings. The van der Waals surface area contributed by atoms with E-state index in [9.17, 15) is 4.79 Å². The van der Waals surface area contributed by atoms with Crippen LogP contribution in [0, 0.1) is 11.3 Å². The number of carbonyl (C=O) groups is 1. The van der Waals surface area contributed by atoms with E-state index in [1.807, 2.05) is 37.1 Å². The molecule has 0 amide bonds. The van der Waals surface area contributed by atoms with Gasteiger partial charge >= 0.3 is 0 Å². The first-order valence-electron chi connectivity index (χ1n) is 4.80. The summed E-state index contributed by atoms with van der Waals surface area (Å²) >= 11 is 0. The monoisotopic (exact) mass is 202 g/mol. The van der Waals surface area contributed by atoms with Crippen molar-refractivity contribution >= 4 is 11.5 Å². The molecule has 0 saturated carbocycles. The van der Waals surface area contributed by atoms with Crippen molar-refractivity contribution in [3.8, 4) is 6.07 Å². The van der Waals surface area contributed by atoms with E-state index in [0.29, 0.717) is 5.56 Å². The predicted octanol–water partition coefficient (Wildman–Crippen LogP) is 1.97. The summed E-state index contributed by atoms with van der Waals surface area (Å²) in [7, 11) is 1.82. The number of anilines is 1. The van der Waals surface area contributed by atoms with Crippen LogP contribution < -0.4 is 4.90 Å². The molecular formula is C12H14N2O. The van der Waals surface area contributed by atoms with Crippen molar-refractivity contribution in [3.05, 3.63) is 29.8 Å². The van der Waals surface area contributed by atoms with E-state index in [2.05, 4.69) is 6.07 Å². The van der Waals surface area contributed by atoms with Gasteiger partial charge in [0.2, 0.25) is 0 Å². The number of hydrogen-bond donors (Lipinski definition) is 0. The Morgan fingerprint density at radius 3 is 2.60 bits per heavy atom. The molecule has 0 bridgehead atoms. The van der Waals surface area contributed by atoms with E-state index in [1.165, 1.54) is 0 Å².